The molecule has 192 valence electrons. The third-order valence-corrected chi connectivity index (χ3v) is 7.97. The molecule has 0 spiro atoms. The average molecular weight is 543 g/mol. The molecule has 2 aromatic heterocycles. The SMILES string of the molecule is COC(=O)c1ncc(N2[C@@H]3CC[C@H]2C[C@@H](OC(=O)c2c(-c4c(Cl)cccc4Cl)noc2C2CC2)C3)cn1. The van der Waals surface area contributed by atoms with Crippen LogP contribution in [0.4, 0.5) is 5.69 Å². The molecule has 9 nitrogen and oxygen atoms in total. The van der Waals surface area contributed by atoms with Crippen LogP contribution < -0.4 is 4.90 Å². The van der Waals surface area contributed by atoms with Crippen molar-refractivity contribution in [2.75, 3.05) is 12.0 Å². The lowest BCUT2D eigenvalue weighted by Crippen LogP contribution is -2.46. The van der Waals surface area contributed by atoms with Gasteiger partial charge in [-0.1, -0.05) is 34.4 Å². The Morgan fingerprint density at radius 1 is 1.00 bits per heavy atom. The van der Waals surface area contributed by atoms with Crippen molar-refractivity contribution in [3.8, 4) is 11.3 Å². The second-order valence-corrected chi connectivity index (χ2v) is 10.5. The minimum Gasteiger partial charge on any atom is -0.463 e. The zero-order valence-electron chi connectivity index (χ0n) is 20.0. The monoisotopic (exact) mass is 542 g/mol. The molecule has 11 heteroatoms. The molecule has 1 saturated carbocycles. The van der Waals surface area contributed by atoms with E-state index in [-0.39, 0.29) is 29.9 Å². The van der Waals surface area contributed by atoms with Gasteiger partial charge in [-0.05, 0) is 37.8 Å². The van der Waals surface area contributed by atoms with Gasteiger partial charge in [-0.15, -0.1) is 0 Å². The fourth-order valence-electron chi connectivity index (χ4n) is 5.53. The number of anilines is 1. The number of fused-ring (bicyclic) bond motifs is 2. The van der Waals surface area contributed by atoms with E-state index >= 15 is 0 Å². The molecule has 0 amide bonds. The summed E-state index contributed by atoms with van der Waals surface area (Å²) in [4.78, 5) is 35.8. The molecule has 6 rings (SSSR count). The molecule has 0 N–H and O–H groups in total. The fraction of sp³-hybridized carbons (Fsp3) is 0.423. The maximum Gasteiger partial charge on any atom is 0.376 e. The quantitative estimate of drug-likeness (QED) is 0.375. The predicted molar refractivity (Wildman–Crippen MR) is 135 cm³/mol. The molecule has 3 fully saturated rings. The zero-order valence-corrected chi connectivity index (χ0v) is 21.5. The lowest BCUT2D eigenvalue weighted by Gasteiger charge is -2.39. The molecule has 2 aliphatic heterocycles. The summed E-state index contributed by atoms with van der Waals surface area (Å²) < 4.78 is 16.4. The smallest absolute Gasteiger partial charge is 0.376 e. The molecule has 3 aliphatic rings. The summed E-state index contributed by atoms with van der Waals surface area (Å²) in [5.41, 5.74) is 1.96. The van der Waals surface area contributed by atoms with Gasteiger partial charge in [0.05, 0.1) is 35.2 Å². The third-order valence-electron chi connectivity index (χ3n) is 7.34. The van der Waals surface area contributed by atoms with Gasteiger partial charge < -0.3 is 18.9 Å². The van der Waals surface area contributed by atoms with Crippen molar-refractivity contribution >= 4 is 40.8 Å². The molecule has 3 aromatic rings. The van der Waals surface area contributed by atoms with E-state index in [1.165, 1.54) is 7.11 Å². The number of hydrogen-bond acceptors (Lipinski definition) is 9. The molecule has 1 aliphatic carbocycles. The highest BCUT2D eigenvalue weighted by Crippen LogP contribution is 2.47. The van der Waals surface area contributed by atoms with Crippen molar-refractivity contribution in [3.63, 3.8) is 0 Å². The van der Waals surface area contributed by atoms with Crippen LogP contribution in [0.5, 0.6) is 0 Å². The van der Waals surface area contributed by atoms with Gasteiger partial charge in [0.1, 0.15) is 17.4 Å². The summed E-state index contributed by atoms with van der Waals surface area (Å²) in [7, 11) is 1.30. The van der Waals surface area contributed by atoms with Gasteiger partial charge in [-0.3, -0.25) is 0 Å². The van der Waals surface area contributed by atoms with E-state index in [0.29, 0.717) is 45.5 Å². The van der Waals surface area contributed by atoms with Gasteiger partial charge in [-0.2, -0.15) is 0 Å². The number of hydrogen-bond donors (Lipinski definition) is 0. The Hall–Kier alpha value is -3.17. The Morgan fingerprint density at radius 3 is 2.24 bits per heavy atom. The van der Waals surface area contributed by atoms with Crippen molar-refractivity contribution in [3.05, 3.63) is 57.8 Å². The number of nitrogens with zero attached hydrogens (tertiary/aromatic N) is 4. The normalized spacial score (nSPS) is 22.7. The van der Waals surface area contributed by atoms with Crippen LogP contribution in [0.25, 0.3) is 11.3 Å². The summed E-state index contributed by atoms with van der Waals surface area (Å²) >= 11 is 12.9. The molecule has 37 heavy (non-hydrogen) atoms. The molecule has 2 bridgehead atoms. The van der Waals surface area contributed by atoms with E-state index in [2.05, 4.69) is 24.8 Å². The molecule has 1 aromatic carbocycles. The fourth-order valence-corrected chi connectivity index (χ4v) is 6.10. The van der Waals surface area contributed by atoms with Crippen molar-refractivity contribution < 1.29 is 23.6 Å². The average Bonchev–Trinajstić information content (AvgIpc) is 3.59. The molecule has 0 radical (unpaired) electrons. The first-order valence-electron chi connectivity index (χ1n) is 12.3. The lowest BCUT2D eigenvalue weighted by molar-refractivity contribution is 0.0202. The number of benzene rings is 1. The zero-order chi connectivity index (χ0) is 25.7. The highest BCUT2D eigenvalue weighted by atomic mass is 35.5. The second kappa shape index (κ2) is 9.61. The topological polar surface area (TPSA) is 108 Å². The Labute approximate surface area is 223 Å². The number of carbonyl (C=O) groups is 2. The number of rotatable bonds is 6. The van der Waals surface area contributed by atoms with Gasteiger partial charge in [0.15, 0.2) is 5.76 Å². The first kappa shape index (κ1) is 24.2. The largest absolute Gasteiger partial charge is 0.463 e. The highest BCUT2D eigenvalue weighted by Gasteiger charge is 2.44. The van der Waals surface area contributed by atoms with Crippen LogP contribution in [0, 0.1) is 0 Å². The van der Waals surface area contributed by atoms with Crippen molar-refractivity contribution in [2.24, 2.45) is 0 Å². The van der Waals surface area contributed by atoms with Gasteiger partial charge in [0, 0.05) is 36.4 Å². The Morgan fingerprint density at radius 2 is 1.65 bits per heavy atom. The third kappa shape index (κ3) is 4.44. The summed E-state index contributed by atoms with van der Waals surface area (Å²) in [6.45, 7) is 0. The molecular weight excluding hydrogens is 519 g/mol. The predicted octanol–water partition coefficient (Wildman–Crippen LogP) is 5.46. The molecular formula is C26H24Cl2N4O5. The molecule has 0 unspecified atom stereocenters. The Balaban J connectivity index is 1.22. The number of piperidine rings is 1. The number of carbonyl (C=O) groups excluding carboxylic acids is 2. The van der Waals surface area contributed by atoms with Gasteiger partial charge in [-0.25, -0.2) is 19.6 Å². The van der Waals surface area contributed by atoms with E-state index in [9.17, 15) is 9.59 Å². The van der Waals surface area contributed by atoms with E-state index in [1.54, 1.807) is 30.6 Å². The Bertz CT molecular complexity index is 1320. The Kier molecular flexibility index (Phi) is 6.28. The number of methoxy groups -OCH3 is 1. The van der Waals surface area contributed by atoms with Crippen molar-refractivity contribution in [1.82, 2.24) is 15.1 Å². The second-order valence-electron chi connectivity index (χ2n) is 9.69. The van der Waals surface area contributed by atoms with Gasteiger partial charge in [0.25, 0.3) is 0 Å². The van der Waals surface area contributed by atoms with Gasteiger partial charge in [0.2, 0.25) is 5.82 Å². The molecule has 3 atom stereocenters. The first-order chi connectivity index (χ1) is 17.9. The van der Waals surface area contributed by atoms with Crippen molar-refractivity contribution in [2.45, 2.75) is 62.6 Å². The highest BCUT2D eigenvalue weighted by molar-refractivity contribution is 6.39. The van der Waals surface area contributed by atoms with Crippen LogP contribution in [-0.2, 0) is 9.47 Å². The first-order valence-corrected chi connectivity index (χ1v) is 13.0. The number of halogens is 2. The summed E-state index contributed by atoms with van der Waals surface area (Å²) in [5.74, 6) is -0.318. The number of esters is 2. The molecule has 4 heterocycles. The standard InChI is InChI=1S/C26H24Cl2N4O5/c1-35-26(34)24-29-11-16(12-30-24)32-14-7-8-15(32)10-17(9-14)36-25(33)21-22(31-37-23(21)13-5-6-13)20-18(27)3-2-4-19(20)28/h2-4,11-15,17H,5-10H2,1H3/t14-,15+,17+. The van der Waals surface area contributed by atoms with Gasteiger partial charge >= 0.3 is 11.9 Å². The van der Waals surface area contributed by atoms with Crippen LogP contribution >= 0.6 is 23.2 Å². The summed E-state index contributed by atoms with van der Waals surface area (Å²) in [6, 6.07) is 5.50. The van der Waals surface area contributed by atoms with E-state index in [0.717, 1.165) is 31.4 Å². The molecule has 2 saturated heterocycles. The summed E-state index contributed by atoms with van der Waals surface area (Å²) in [5, 5.41) is 4.99. The van der Waals surface area contributed by atoms with E-state index in [4.69, 9.17) is 32.5 Å². The minimum absolute atomic E-state index is 0.0250. The van der Waals surface area contributed by atoms with Crippen LogP contribution in [0.15, 0.2) is 35.1 Å². The summed E-state index contributed by atoms with van der Waals surface area (Å²) in [6.07, 6.45) is 8.20. The van der Waals surface area contributed by atoms with Crippen molar-refractivity contribution in [1.29, 1.82) is 0 Å². The van der Waals surface area contributed by atoms with E-state index in [1.807, 2.05) is 0 Å². The number of ether oxygens (including phenoxy) is 2. The van der Waals surface area contributed by atoms with Crippen LogP contribution in [-0.4, -0.2) is 52.4 Å². The van der Waals surface area contributed by atoms with Crippen LogP contribution in [0.2, 0.25) is 10.0 Å². The van der Waals surface area contributed by atoms with Crippen LogP contribution in [0.1, 0.15) is 71.2 Å². The minimum atomic E-state index is -0.572. The maximum atomic E-state index is 13.6. The van der Waals surface area contributed by atoms with E-state index < -0.39 is 11.9 Å². The van der Waals surface area contributed by atoms with Crippen LogP contribution in [0.3, 0.4) is 0 Å². The number of aromatic nitrogens is 3. The maximum absolute atomic E-state index is 13.6. The lowest BCUT2D eigenvalue weighted by atomic mass is 9.98.